The van der Waals surface area contributed by atoms with Gasteiger partial charge in [0.2, 0.25) is 0 Å². The van der Waals surface area contributed by atoms with Gasteiger partial charge in [-0.25, -0.2) is 0 Å². The zero-order chi connectivity index (χ0) is 7.82. The lowest BCUT2D eigenvalue weighted by Crippen LogP contribution is -2.22. The summed E-state index contributed by atoms with van der Waals surface area (Å²) in [6.45, 7) is 8.07. The summed E-state index contributed by atoms with van der Waals surface area (Å²) in [6, 6.07) is 0.650. The summed E-state index contributed by atoms with van der Waals surface area (Å²) in [6.07, 6.45) is 6.88. The first-order chi connectivity index (χ1) is 4.85. The van der Waals surface area contributed by atoms with Crippen molar-refractivity contribution in [3.8, 4) is 0 Å². The number of hydrogen-bond acceptors (Lipinski definition) is 1. The van der Waals surface area contributed by atoms with Crippen molar-refractivity contribution in [2.24, 2.45) is 0 Å². The van der Waals surface area contributed by atoms with Crippen LogP contribution in [0.25, 0.3) is 0 Å². The Morgan fingerprint density at radius 3 is 2.60 bits per heavy atom. The lowest BCUT2D eigenvalue weighted by atomic mass is 10.1. The highest BCUT2D eigenvalue weighted by Gasteiger charge is 2.00. The van der Waals surface area contributed by atoms with E-state index in [2.05, 4.69) is 25.7 Å². The van der Waals surface area contributed by atoms with Crippen LogP contribution in [-0.2, 0) is 0 Å². The average Bonchev–Trinajstić information content (AvgIpc) is 1.98. The van der Waals surface area contributed by atoms with E-state index < -0.39 is 0 Å². The predicted molar refractivity (Wildman–Crippen MR) is 46.9 cm³/mol. The highest BCUT2D eigenvalue weighted by Crippen LogP contribution is 2.03. The van der Waals surface area contributed by atoms with E-state index in [-0.39, 0.29) is 0 Å². The fourth-order valence-electron chi connectivity index (χ4n) is 1.02. The molecule has 0 bridgehead atoms. The molecule has 1 atom stereocenters. The van der Waals surface area contributed by atoms with E-state index in [1.54, 1.807) is 6.20 Å². The largest absolute Gasteiger partial charge is 0.389 e. The van der Waals surface area contributed by atoms with Crippen LogP contribution in [0.3, 0.4) is 0 Å². The Bertz CT molecular complexity index is 78.8. The molecule has 1 heteroatoms. The molecule has 0 saturated carbocycles. The van der Waals surface area contributed by atoms with Gasteiger partial charge in [0, 0.05) is 6.04 Å². The van der Waals surface area contributed by atoms with Crippen LogP contribution in [0.5, 0.6) is 0 Å². The van der Waals surface area contributed by atoms with Crippen LogP contribution < -0.4 is 5.32 Å². The summed E-state index contributed by atoms with van der Waals surface area (Å²) < 4.78 is 0. The number of rotatable bonds is 6. The van der Waals surface area contributed by atoms with Gasteiger partial charge in [-0.1, -0.05) is 33.3 Å². The van der Waals surface area contributed by atoms with Gasteiger partial charge >= 0.3 is 0 Å². The van der Waals surface area contributed by atoms with Gasteiger partial charge in [-0.2, -0.15) is 0 Å². The van der Waals surface area contributed by atoms with Crippen molar-refractivity contribution >= 4 is 0 Å². The molecule has 0 radical (unpaired) electrons. The molecule has 0 saturated heterocycles. The highest BCUT2D eigenvalue weighted by atomic mass is 14.9. The molecular formula is C9H19N. The standard InChI is InChI=1S/C9H19N/c1-4-7-8-9(5-2)10-6-3/h6,9-10H,3-5,7-8H2,1-2H3. The van der Waals surface area contributed by atoms with Crippen LogP contribution in [0.2, 0.25) is 0 Å². The monoisotopic (exact) mass is 141 g/mol. The van der Waals surface area contributed by atoms with Gasteiger partial charge in [0.1, 0.15) is 0 Å². The summed E-state index contributed by atoms with van der Waals surface area (Å²) in [4.78, 5) is 0. The highest BCUT2D eigenvalue weighted by molar-refractivity contribution is 4.72. The van der Waals surface area contributed by atoms with E-state index in [0.717, 1.165) is 0 Å². The van der Waals surface area contributed by atoms with Crippen molar-refractivity contribution in [3.05, 3.63) is 12.8 Å². The molecule has 1 N–H and O–H groups in total. The van der Waals surface area contributed by atoms with E-state index in [1.165, 1.54) is 25.7 Å². The predicted octanol–water partition coefficient (Wildman–Crippen LogP) is 2.69. The fraction of sp³-hybridized carbons (Fsp3) is 0.778. The molecule has 0 fully saturated rings. The lowest BCUT2D eigenvalue weighted by molar-refractivity contribution is 0.505. The van der Waals surface area contributed by atoms with Crippen molar-refractivity contribution in [2.75, 3.05) is 0 Å². The minimum Gasteiger partial charge on any atom is -0.389 e. The first-order valence-corrected chi connectivity index (χ1v) is 4.22. The lowest BCUT2D eigenvalue weighted by Gasteiger charge is -2.13. The molecule has 0 aliphatic heterocycles. The van der Waals surface area contributed by atoms with Gasteiger partial charge in [0.05, 0.1) is 0 Å². The zero-order valence-corrected chi connectivity index (χ0v) is 7.19. The average molecular weight is 141 g/mol. The fourth-order valence-corrected chi connectivity index (χ4v) is 1.02. The third-order valence-corrected chi connectivity index (χ3v) is 1.75. The Hall–Kier alpha value is -0.460. The van der Waals surface area contributed by atoms with Gasteiger partial charge in [-0.3, -0.25) is 0 Å². The SMILES string of the molecule is C=CNC(CC)CCCC. The maximum Gasteiger partial charge on any atom is 0.0252 e. The smallest absolute Gasteiger partial charge is 0.0252 e. The molecule has 0 amide bonds. The molecule has 1 nitrogen and oxygen atoms in total. The molecule has 0 spiro atoms. The maximum absolute atomic E-state index is 3.65. The van der Waals surface area contributed by atoms with E-state index in [1.807, 2.05) is 0 Å². The first-order valence-electron chi connectivity index (χ1n) is 4.22. The second kappa shape index (κ2) is 6.66. The van der Waals surface area contributed by atoms with Crippen LogP contribution in [0, 0.1) is 0 Å². The summed E-state index contributed by atoms with van der Waals surface area (Å²) in [5.74, 6) is 0. The van der Waals surface area contributed by atoms with Crippen molar-refractivity contribution in [1.29, 1.82) is 0 Å². The van der Waals surface area contributed by atoms with Crippen molar-refractivity contribution in [3.63, 3.8) is 0 Å². The van der Waals surface area contributed by atoms with Crippen LogP contribution in [0.1, 0.15) is 39.5 Å². The Morgan fingerprint density at radius 2 is 2.20 bits per heavy atom. The molecule has 0 heterocycles. The summed E-state index contributed by atoms with van der Waals surface area (Å²) >= 11 is 0. The molecule has 0 aliphatic rings. The van der Waals surface area contributed by atoms with Gasteiger partial charge < -0.3 is 5.32 Å². The normalized spacial score (nSPS) is 12.6. The number of nitrogens with one attached hydrogen (secondary N) is 1. The Morgan fingerprint density at radius 1 is 1.50 bits per heavy atom. The van der Waals surface area contributed by atoms with Crippen molar-refractivity contribution in [2.45, 2.75) is 45.6 Å². The topological polar surface area (TPSA) is 12.0 Å². The molecule has 0 aliphatic carbocycles. The number of hydrogen-bond donors (Lipinski definition) is 1. The quantitative estimate of drug-likeness (QED) is 0.599. The third kappa shape index (κ3) is 4.42. The second-order valence-corrected chi connectivity index (χ2v) is 2.62. The van der Waals surface area contributed by atoms with Crippen LogP contribution >= 0.6 is 0 Å². The van der Waals surface area contributed by atoms with E-state index in [4.69, 9.17) is 0 Å². The van der Waals surface area contributed by atoms with Gasteiger partial charge in [0.25, 0.3) is 0 Å². The molecular weight excluding hydrogens is 122 g/mol. The van der Waals surface area contributed by atoms with Crippen molar-refractivity contribution < 1.29 is 0 Å². The molecule has 0 aromatic rings. The van der Waals surface area contributed by atoms with E-state index >= 15 is 0 Å². The first kappa shape index (κ1) is 9.54. The zero-order valence-electron chi connectivity index (χ0n) is 7.19. The molecule has 0 rings (SSSR count). The molecule has 1 unspecified atom stereocenters. The molecule has 0 aromatic heterocycles. The second-order valence-electron chi connectivity index (χ2n) is 2.62. The molecule has 0 aromatic carbocycles. The van der Waals surface area contributed by atoms with E-state index in [0.29, 0.717) is 6.04 Å². The minimum atomic E-state index is 0.650. The number of unbranched alkanes of at least 4 members (excludes halogenated alkanes) is 1. The van der Waals surface area contributed by atoms with Crippen LogP contribution in [0.15, 0.2) is 12.8 Å². The Balaban J connectivity index is 3.29. The van der Waals surface area contributed by atoms with Gasteiger partial charge in [-0.15, -0.1) is 0 Å². The Labute approximate surface area is 64.5 Å². The van der Waals surface area contributed by atoms with Crippen LogP contribution in [-0.4, -0.2) is 6.04 Å². The molecule has 60 valence electrons. The van der Waals surface area contributed by atoms with Crippen molar-refractivity contribution in [1.82, 2.24) is 5.32 Å². The summed E-state index contributed by atoms with van der Waals surface area (Å²) in [5, 5.41) is 3.23. The Kier molecular flexibility index (Phi) is 6.35. The van der Waals surface area contributed by atoms with Gasteiger partial charge in [0.15, 0.2) is 0 Å². The van der Waals surface area contributed by atoms with E-state index in [9.17, 15) is 0 Å². The third-order valence-electron chi connectivity index (χ3n) is 1.75. The minimum absolute atomic E-state index is 0.650. The summed E-state index contributed by atoms with van der Waals surface area (Å²) in [5.41, 5.74) is 0. The molecule has 10 heavy (non-hydrogen) atoms. The maximum atomic E-state index is 3.65. The van der Waals surface area contributed by atoms with Gasteiger partial charge in [-0.05, 0) is 19.0 Å². The van der Waals surface area contributed by atoms with Crippen LogP contribution in [0.4, 0.5) is 0 Å². The summed E-state index contributed by atoms with van der Waals surface area (Å²) in [7, 11) is 0.